The number of ether oxygens (including phenoxy) is 1. The minimum absolute atomic E-state index is 0.0438. The molecule has 1 aromatic carbocycles. The second-order valence-corrected chi connectivity index (χ2v) is 6.15. The number of aromatic amines is 1. The van der Waals surface area contributed by atoms with Gasteiger partial charge in [0.15, 0.2) is 0 Å². The molecule has 0 atom stereocenters. The number of aromatic nitrogens is 4. The standard InChI is InChI=1S/C13H7ClF4N4O2S/c1-22-10(23)4-8(21-22)5-2-9(6(14)3-7(5)15)24-12-20-19-11(25-12)13(16,17)18/h2-4,21H,1H3. The molecule has 2 heterocycles. The highest BCUT2D eigenvalue weighted by Crippen LogP contribution is 2.38. The lowest BCUT2D eigenvalue weighted by atomic mass is 10.1. The minimum atomic E-state index is -4.65. The summed E-state index contributed by atoms with van der Waals surface area (Å²) < 4.78 is 58.0. The molecular formula is C13H7ClF4N4O2S. The lowest BCUT2D eigenvalue weighted by Gasteiger charge is -2.07. The maximum absolute atomic E-state index is 14.1. The molecule has 132 valence electrons. The molecule has 0 saturated heterocycles. The smallest absolute Gasteiger partial charge is 0.428 e. The van der Waals surface area contributed by atoms with E-state index in [0.717, 1.165) is 22.9 Å². The highest BCUT2D eigenvalue weighted by molar-refractivity contribution is 7.13. The topological polar surface area (TPSA) is 72.8 Å². The third kappa shape index (κ3) is 3.51. The fraction of sp³-hybridized carbons (Fsp3) is 0.154. The van der Waals surface area contributed by atoms with Crippen LogP contribution in [0.5, 0.6) is 10.9 Å². The zero-order valence-corrected chi connectivity index (χ0v) is 13.8. The molecular weight excluding hydrogens is 388 g/mol. The van der Waals surface area contributed by atoms with Crippen LogP contribution in [0.4, 0.5) is 17.6 Å². The Morgan fingerprint density at radius 3 is 2.56 bits per heavy atom. The Hall–Kier alpha value is -2.40. The first-order chi connectivity index (χ1) is 11.6. The molecule has 0 aliphatic rings. The first-order valence-corrected chi connectivity index (χ1v) is 7.68. The minimum Gasteiger partial charge on any atom is -0.428 e. The summed E-state index contributed by atoms with van der Waals surface area (Å²) in [5.74, 6) is -0.875. The van der Waals surface area contributed by atoms with E-state index in [1.807, 2.05) is 0 Å². The Morgan fingerprint density at radius 2 is 2.00 bits per heavy atom. The average molecular weight is 395 g/mol. The highest BCUT2D eigenvalue weighted by Gasteiger charge is 2.36. The van der Waals surface area contributed by atoms with Crippen molar-refractivity contribution in [3.8, 4) is 22.2 Å². The Morgan fingerprint density at radius 1 is 1.28 bits per heavy atom. The van der Waals surface area contributed by atoms with Gasteiger partial charge >= 0.3 is 6.18 Å². The quantitative estimate of drug-likeness (QED) is 0.685. The lowest BCUT2D eigenvalue weighted by molar-refractivity contribution is -0.138. The molecule has 1 N–H and O–H groups in total. The Balaban J connectivity index is 1.98. The van der Waals surface area contributed by atoms with Crippen LogP contribution in [0.1, 0.15) is 5.01 Å². The van der Waals surface area contributed by atoms with Crippen molar-refractivity contribution >= 4 is 22.9 Å². The molecule has 0 fully saturated rings. The van der Waals surface area contributed by atoms with Gasteiger partial charge in [0.25, 0.3) is 10.8 Å². The van der Waals surface area contributed by atoms with E-state index in [4.69, 9.17) is 16.3 Å². The maximum atomic E-state index is 14.1. The molecule has 0 spiro atoms. The number of aryl methyl sites for hydroxylation is 1. The van der Waals surface area contributed by atoms with Gasteiger partial charge in [0.2, 0.25) is 5.01 Å². The summed E-state index contributed by atoms with van der Waals surface area (Å²) in [6, 6.07) is 3.23. The van der Waals surface area contributed by atoms with Crippen LogP contribution in [0.2, 0.25) is 5.02 Å². The molecule has 2 aromatic heterocycles. The predicted molar refractivity (Wildman–Crippen MR) is 81.4 cm³/mol. The van der Waals surface area contributed by atoms with Crippen LogP contribution in [-0.2, 0) is 13.2 Å². The van der Waals surface area contributed by atoms with Crippen molar-refractivity contribution in [3.05, 3.63) is 44.4 Å². The molecule has 0 radical (unpaired) electrons. The van der Waals surface area contributed by atoms with Gasteiger partial charge in [0, 0.05) is 18.7 Å². The van der Waals surface area contributed by atoms with Gasteiger partial charge in [-0.25, -0.2) is 4.39 Å². The van der Waals surface area contributed by atoms with Crippen molar-refractivity contribution in [2.24, 2.45) is 7.05 Å². The van der Waals surface area contributed by atoms with Gasteiger partial charge in [-0.05, 0) is 12.1 Å². The predicted octanol–water partition coefficient (Wildman–Crippen LogP) is 3.84. The largest absolute Gasteiger partial charge is 0.445 e. The van der Waals surface area contributed by atoms with Crippen LogP contribution in [0.3, 0.4) is 0 Å². The van der Waals surface area contributed by atoms with Crippen molar-refractivity contribution in [3.63, 3.8) is 0 Å². The van der Waals surface area contributed by atoms with Gasteiger partial charge in [0.05, 0.1) is 10.7 Å². The van der Waals surface area contributed by atoms with Gasteiger partial charge in [-0.2, -0.15) is 13.2 Å². The fourth-order valence-corrected chi connectivity index (χ4v) is 2.66. The summed E-state index contributed by atoms with van der Waals surface area (Å²) in [5.41, 5.74) is -0.289. The number of H-pyrrole nitrogens is 1. The van der Waals surface area contributed by atoms with Gasteiger partial charge in [-0.1, -0.05) is 28.0 Å². The van der Waals surface area contributed by atoms with Gasteiger partial charge in [-0.15, -0.1) is 5.10 Å². The van der Waals surface area contributed by atoms with Crippen LogP contribution in [0.25, 0.3) is 11.3 Å². The number of hydrogen-bond donors (Lipinski definition) is 1. The van der Waals surface area contributed by atoms with Crippen LogP contribution in [0, 0.1) is 5.82 Å². The molecule has 0 amide bonds. The summed E-state index contributed by atoms with van der Waals surface area (Å²) in [6.45, 7) is 0. The fourth-order valence-electron chi connectivity index (χ4n) is 1.90. The number of benzene rings is 1. The Labute approximate surface area is 145 Å². The molecule has 0 saturated carbocycles. The molecule has 0 aliphatic heterocycles. The van der Waals surface area contributed by atoms with E-state index in [2.05, 4.69) is 15.3 Å². The molecule has 6 nitrogen and oxygen atoms in total. The molecule has 3 rings (SSSR count). The average Bonchev–Trinajstić information content (AvgIpc) is 3.09. The Kier molecular flexibility index (Phi) is 4.29. The zero-order chi connectivity index (χ0) is 18.4. The van der Waals surface area contributed by atoms with Crippen molar-refractivity contribution < 1.29 is 22.3 Å². The second kappa shape index (κ2) is 6.15. The monoisotopic (exact) mass is 394 g/mol. The summed E-state index contributed by atoms with van der Waals surface area (Å²) in [7, 11) is 1.44. The van der Waals surface area contributed by atoms with Crippen LogP contribution < -0.4 is 10.3 Å². The summed E-state index contributed by atoms with van der Waals surface area (Å²) in [5, 5.41) is 7.11. The third-order valence-corrected chi connectivity index (χ3v) is 4.19. The first kappa shape index (κ1) is 17.4. The van der Waals surface area contributed by atoms with E-state index < -0.39 is 27.8 Å². The van der Waals surface area contributed by atoms with Crippen molar-refractivity contribution in [2.45, 2.75) is 6.18 Å². The number of alkyl halides is 3. The molecule has 0 unspecified atom stereocenters. The van der Waals surface area contributed by atoms with E-state index in [9.17, 15) is 22.4 Å². The normalized spacial score (nSPS) is 11.8. The van der Waals surface area contributed by atoms with E-state index in [1.165, 1.54) is 7.05 Å². The zero-order valence-electron chi connectivity index (χ0n) is 12.2. The van der Waals surface area contributed by atoms with Gasteiger partial charge in [-0.3, -0.25) is 14.6 Å². The van der Waals surface area contributed by atoms with Crippen LogP contribution in [0.15, 0.2) is 23.0 Å². The van der Waals surface area contributed by atoms with E-state index in [-0.39, 0.29) is 33.4 Å². The number of nitrogens with zero attached hydrogens (tertiary/aromatic N) is 3. The molecule has 3 aromatic rings. The highest BCUT2D eigenvalue weighted by atomic mass is 35.5. The first-order valence-electron chi connectivity index (χ1n) is 6.49. The van der Waals surface area contributed by atoms with Gasteiger partial charge < -0.3 is 4.74 Å². The lowest BCUT2D eigenvalue weighted by Crippen LogP contribution is -2.09. The van der Waals surface area contributed by atoms with Crippen LogP contribution in [-0.4, -0.2) is 20.0 Å². The number of rotatable bonds is 3. The molecule has 25 heavy (non-hydrogen) atoms. The Bertz CT molecular complexity index is 995. The van der Waals surface area contributed by atoms with Crippen LogP contribution >= 0.6 is 22.9 Å². The van der Waals surface area contributed by atoms with E-state index in [0.29, 0.717) is 0 Å². The number of nitrogens with one attached hydrogen (secondary N) is 1. The second-order valence-electron chi connectivity index (χ2n) is 4.80. The molecule has 12 heteroatoms. The summed E-state index contributed by atoms with van der Waals surface area (Å²) in [4.78, 5) is 11.5. The summed E-state index contributed by atoms with van der Waals surface area (Å²) >= 11 is 6.04. The molecule has 0 aliphatic carbocycles. The number of hydrogen-bond acceptors (Lipinski definition) is 5. The van der Waals surface area contributed by atoms with E-state index >= 15 is 0 Å². The van der Waals surface area contributed by atoms with Crippen molar-refractivity contribution in [2.75, 3.05) is 0 Å². The van der Waals surface area contributed by atoms with E-state index in [1.54, 1.807) is 0 Å². The maximum Gasteiger partial charge on any atom is 0.445 e. The summed E-state index contributed by atoms with van der Waals surface area (Å²) in [6.07, 6.45) is -4.65. The SMILES string of the molecule is Cn1[nH]c(-c2cc(Oc3nnc(C(F)(F)F)s3)c(Cl)cc2F)cc1=O. The van der Waals surface area contributed by atoms with Crippen molar-refractivity contribution in [1.82, 2.24) is 20.0 Å². The van der Waals surface area contributed by atoms with Crippen molar-refractivity contribution in [1.29, 1.82) is 0 Å². The number of halogens is 5. The third-order valence-electron chi connectivity index (χ3n) is 3.04. The molecule has 0 bridgehead atoms. The van der Waals surface area contributed by atoms with Gasteiger partial charge in [0.1, 0.15) is 11.6 Å².